The van der Waals surface area contributed by atoms with E-state index in [2.05, 4.69) is 5.32 Å². The Hall–Kier alpha value is -3.26. The summed E-state index contributed by atoms with van der Waals surface area (Å²) < 4.78 is 1.93. The molecule has 1 N–H and O–H groups in total. The Balaban J connectivity index is 2.06. The molecule has 0 atom stereocenters. The molecule has 3 rings (SSSR count). The van der Waals surface area contributed by atoms with Crippen molar-refractivity contribution in [1.29, 1.82) is 0 Å². The van der Waals surface area contributed by atoms with Gasteiger partial charge in [-0.15, -0.1) is 0 Å². The highest BCUT2D eigenvalue weighted by molar-refractivity contribution is 7.99. The largest absolute Gasteiger partial charge is 0.325 e. The number of imide groups is 1. The van der Waals surface area contributed by atoms with Crippen LogP contribution in [0.4, 0.5) is 5.69 Å². The number of aryl methyl sites for hydroxylation is 2. The number of carbonyl (C=O) groups is 4. The average Bonchev–Trinajstić information content (AvgIpc) is 3.07. The van der Waals surface area contributed by atoms with Gasteiger partial charge in [0.2, 0.25) is 10.9 Å². The molecular weight excluding hydrogens is 414 g/mol. The van der Waals surface area contributed by atoms with E-state index in [-0.39, 0.29) is 30.7 Å². The minimum Gasteiger partial charge on any atom is -0.325 e. The van der Waals surface area contributed by atoms with Crippen LogP contribution in [0.5, 0.6) is 0 Å². The van der Waals surface area contributed by atoms with Gasteiger partial charge >= 0.3 is 0 Å². The van der Waals surface area contributed by atoms with Gasteiger partial charge in [0.25, 0.3) is 11.8 Å². The summed E-state index contributed by atoms with van der Waals surface area (Å²) in [6, 6.07) is 7.58. The van der Waals surface area contributed by atoms with Gasteiger partial charge < -0.3 is 5.32 Å². The first-order chi connectivity index (χ1) is 14.8. The van der Waals surface area contributed by atoms with Crippen molar-refractivity contribution < 1.29 is 23.7 Å². The monoisotopic (exact) mass is 438 g/mol. The lowest BCUT2D eigenvalue weighted by molar-refractivity contribution is -0.708. The first-order valence-electron chi connectivity index (χ1n) is 9.93. The molecule has 1 aliphatic rings. The number of nitrogens with zero attached hydrogens (tertiary/aromatic N) is 2. The molecule has 1 aromatic carbocycles. The Labute approximate surface area is 185 Å². The highest BCUT2D eigenvalue weighted by Crippen LogP contribution is 2.39. The van der Waals surface area contributed by atoms with Crippen LogP contribution in [-0.2, 0) is 27.9 Å². The lowest BCUT2D eigenvalue weighted by Crippen LogP contribution is -2.32. The number of hydrogen-bond acceptors (Lipinski definition) is 5. The van der Waals surface area contributed by atoms with Crippen LogP contribution >= 0.6 is 11.8 Å². The van der Waals surface area contributed by atoms with Gasteiger partial charge in [0.05, 0.1) is 10.6 Å². The SMILES string of the molecule is CCC(=O)Nc1c(CCN2C(=O)C=CC2=O)cc(C)c(C=O)c1Sc1cccc[n+]1C. The van der Waals surface area contributed by atoms with E-state index >= 15 is 0 Å². The Kier molecular flexibility index (Phi) is 7.02. The predicted molar refractivity (Wildman–Crippen MR) is 117 cm³/mol. The molecule has 7 nitrogen and oxygen atoms in total. The van der Waals surface area contributed by atoms with E-state index in [1.54, 1.807) is 6.92 Å². The van der Waals surface area contributed by atoms with Crippen molar-refractivity contribution in [3.63, 3.8) is 0 Å². The van der Waals surface area contributed by atoms with Crippen LogP contribution in [0.15, 0.2) is 52.5 Å². The molecule has 0 bridgehead atoms. The van der Waals surface area contributed by atoms with Crippen LogP contribution < -0.4 is 9.88 Å². The van der Waals surface area contributed by atoms with E-state index in [9.17, 15) is 19.2 Å². The number of aromatic nitrogens is 1. The molecule has 160 valence electrons. The van der Waals surface area contributed by atoms with Crippen LogP contribution in [0.1, 0.15) is 34.8 Å². The van der Waals surface area contributed by atoms with Crippen molar-refractivity contribution in [3.8, 4) is 0 Å². The summed E-state index contributed by atoms with van der Waals surface area (Å²) in [6.45, 7) is 3.77. The Bertz CT molecular complexity index is 1080. The topological polar surface area (TPSA) is 87.4 Å². The maximum atomic E-state index is 12.3. The molecule has 0 fully saturated rings. The third-order valence-electron chi connectivity index (χ3n) is 5.03. The van der Waals surface area contributed by atoms with E-state index < -0.39 is 0 Å². The molecule has 0 saturated heterocycles. The lowest BCUT2D eigenvalue weighted by atomic mass is 10.0. The summed E-state index contributed by atoms with van der Waals surface area (Å²) in [4.78, 5) is 49.9. The molecule has 8 heteroatoms. The van der Waals surface area contributed by atoms with E-state index in [4.69, 9.17) is 0 Å². The summed E-state index contributed by atoms with van der Waals surface area (Å²) in [5.41, 5.74) is 2.57. The van der Waals surface area contributed by atoms with Gasteiger partial charge in [-0.2, -0.15) is 4.57 Å². The molecule has 0 unspecified atom stereocenters. The fourth-order valence-corrected chi connectivity index (χ4v) is 4.45. The minimum atomic E-state index is -0.351. The van der Waals surface area contributed by atoms with E-state index in [1.165, 1.54) is 28.8 Å². The molecule has 1 aliphatic heterocycles. The number of hydrogen-bond donors (Lipinski definition) is 1. The summed E-state index contributed by atoms with van der Waals surface area (Å²) >= 11 is 1.39. The Morgan fingerprint density at radius 1 is 1.23 bits per heavy atom. The number of anilines is 1. The number of nitrogens with one attached hydrogen (secondary N) is 1. The van der Waals surface area contributed by atoms with Crippen molar-refractivity contribution >= 4 is 41.5 Å². The quantitative estimate of drug-likeness (QED) is 0.389. The van der Waals surface area contributed by atoms with E-state index in [0.717, 1.165) is 22.4 Å². The summed E-state index contributed by atoms with van der Waals surface area (Å²) in [5, 5.41) is 3.83. The first kappa shape index (κ1) is 22.4. The second-order valence-corrected chi connectivity index (χ2v) is 8.18. The summed E-state index contributed by atoms with van der Waals surface area (Å²) in [6.07, 6.45) is 5.83. The second kappa shape index (κ2) is 9.70. The number of aldehydes is 1. The van der Waals surface area contributed by atoms with E-state index in [0.29, 0.717) is 22.6 Å². The fourth-order valence-electron chi connectivity index (χ4n) is 3.29. The zero-order valence-corrected chi connectivity index (χ0v) is 18.5. The molecule has 1 aromatic heterocycles. The number of carbonyl (C=O) groups excluding carboxylic acids is 4. The molecule has 0 saturated carbocycles. The van der Waals surface area contributed by atoms with Crippen LogP contribution in [0, 0.1) is 6.92 Å². The van der Waals surface area contributed by atoms with E-state index in [1.807, 2.05) is 49.0 Å². The highest BCUT2D eigenvalue weighted by atomic mass is 32.2. The third kappa shape index (κ3) is 4.91. The molecule has 0 radical (unpaired) electrons. The molecule has 2 heterocycles. The van der Waals surface area contributed by atoms with Crippen LogP contribution in [-0.4, -0.2) is 35.5 Å². The van der Waals surface area contributed by atoms with Crippen molar-refractivity contribution in [2.45, 2.75) is 36.6 Å². The molecular formula is C23H24N3O4S+. The summed E-state index contributed by atoms with van der Waals surface area (Å²) in [5.74, 6) is -0.885. The number of benzene rings is 1. The Morgan fingerprint density at radius 3 is 2.55 bits per heavy atom. The lowest BCUT2D eigenvalue weighted by Gasteiger charge is -2.20. The molecule has 2 aromatic rings. The third-order valence-corrected chi connectivity index (χ3v) is 6.29. The van der Waals surface area contributed by atoms with Gasteiger partial charge in [-0.25, -0.2) is 0 Å². The van der Waals surface area contributed by atoms with Crippen LogP contribution in [0.2, 0.25) is 0 Å². The normalized spacial score (nSPS) is 13.1. The molecule has 31 heavy (non-hydrogen) atoms. The second-order valence-electron chi connectivity index (χ2n) is 7.15. The molecule has 3 amide bonds. The standard InChI is InChI=1S/C23H23N3O4S/c1-4-18(28)24-22-16(10-12-26-19(29)8-9-20(26)30)13-15(2)17(14-27)23(22)31-21-7-5-6-11-25(21)3/h5-9,11,13-14H,4,10,12H2,1-3H3/p+1. The predicted octanol–water partition coefficient (Wildman–Crippen LogP) is 2.60. The maximum absolute atomic E-state index is 12.3. The van der Waals surface area contributed by atoms with Crippen molar-refractivity contribution in [2.75, 3.05) is 11.9 Å². The molecule has 0 aliphatic carbocycles. The zero-order chi connectivity index (χ0) is 22.5. The Morgan fingerprint density at radius 2 is 1.94 bits per heavy atom. The summed E-state index contributed by atoms with van der Waals surface area (Å²) in [7, 11) is 1.90. The fraction of sp³-hybridized carbons (Fsp3) is 0.261. The van der Waals surface area contributed by atoms with Gasteiger partial charge in [-0.3, -0.25) is 24.1 Å². The van der Waals surface area contributed by atoms with Gasteiger partial charge in [0.15, 0.2) is 12.5 Å². The van der Waals surface area contributed by atoms with Gasteiger partial charge in [-0.05, 0) is 42.3 Å². The maximum Gasteiger partial charge on any atom is 0.253 e. The number of amides is 3. The smallest absolute Gasteiger partial charge is 0.253 e. The van der Waals surface area contributed by atoms with Crippen molar-refractivity contribution in [1.82, 2.24) is 4.90 Å². The van der Waals surface area contributed by atoms with Crippen molar-refractivity contribution in [3.05, 3.63) is 59.3 Å². The van der Waals surface area contributed by atoms with Crippen molar-refractivity contribution in [2.24, 2.45) is 7.05 Å². The number of pyridine rings is 1. The van der Waals surface area contributed by atoms with Gasteiger partial charge in [0, 0.05) is 42.8 Å². The first-order valence-corrected chi connectivity index (χ1v) is 10.7. The molecule has 0 spiro atoms. The van der Waals surface area contributed by atoms with Crippen LogP contribution in [0.25, 0.3) is 0 Å². The van der Waals surface area contributed by atoms with Gasteiger partial charge in [0.1, 0.15) is 7.05 Å². The highest BCUT2D eigenvalue weighted by Gasteiger charge is 2.25. The zero-order valence-electron chi connectivity index (χ0n) is 17.7. The van der Waals surface area contributed by atoms with Gasteiger partial charge in [-0.1, -0.05) is 13.0 Å². The minimum absolute atomic E-state index is 0.183. The number of rotatable bonds is 8. The average molecular weight is 439 g/mol. The van der Waals surface area contributed by atoms with Crippen LogP contribution in [0.3, 0.4) is 0 Å².